The van der Waals surface area contributed by atoms with Crippen LogP contribution in [0.5, 0.6) is 0 Å². The average Bonchev–Trinajstić information content (AvgIpc) is 3.23. The molecule has 0 fully saturated rings. The maximum absolute atomic E-state index is 12.9. The minimum Gasteiger partial charge on any atom is -0.365 e. The fourth-order valence-electron chi connectivity index (χ4n) is 2.56. The molecule has 1 N–H and O–H groups in total. The van der Waals surface area contributed by atoms with E-state index in [1.165, 1.54) is 17.7 Å². The highest BCUT2D eigenvalue weighted by molar-refractivity contribution is 8.02. The molecule has 0 radical (unpaired) electrons. The Labute approximate surface area is 137 Å². The molecule has 0 aliphatic carbocycles. The lowest BCUT2D eigenvalue weighted by molar-refractivity contribution is 0.627. The predicted molar refractivity (Wildman–Crippen MR) is 91.8 cm³/mol. The van der Waals surface area contributed by atoms with E-state index in [1.807, 2.05) is 34.6 Å². The number of rotatable bonds is 4. The van der Waals surface area contributed by atoms with Crippen LogP contribution in [0.25, 0.3) is 11.2 Å². The number of nitrogens with zero attached hydrogens (tertiary/aromatic N) is 3. The van der Waals surface area contributed by atoms with Crippen molar-refractivity contribution >= 4 is 28.8 Å². The summed E-state index contributed by atoms with van der Waals surface area (Å²) in [4.78, 5) is 4.41. The number of halogens is 1. The molecular weight excluding hydrogens is 311 g/mol. The van der Waals surface area contributed by atoms with Gasteiger partial charge in [0.2, 0.25) is 0 Å². The zero-order valence-electron chi connectivity index (χ0n) is 12.4. The Kier molecular flexibility index (Phi) is 3.75. The van der Waals surface area contributed by atoms with Crippen LogP contribution in [-0.4, -0.2) is 20.4 Å². The Morgan fingerprint density at radius 2 is 2.04 bits per heavy atom. The van der Waals surface area contributed by atoms with Crippen LogP contribution in [0.3, 0.4) is 0 Å². The first-order valence-corrected chi connectivity index (χ1v) is 8.48. The first kappa shape index (κ1) is 14.3. The van der Waals surface area contributed by atoms with Gasteiger partial charge in [-0.25, -0.2) is 13.9 Å². The molecule has 2 aromatic heterocycles. The summed E-state index contributed by atoms with van der Waals surface area (Å²) in [5.74, 6) is 1.66. The van der Waals surface area contributed by atoms with E-state index in [4.69, 9.17) is 0 Å². The lowest BCUT2D eigenvalue weighted by Crippen LogP contribution is -2.05. The number of fused-ring (bicyclic) bond motifs is 1. The van der Waals surface area contributed by atoms with Gasteiger partial charge in [0.1, 0.15) is 11.6 Å². The molecule has 1 aliphatic heterocycles. The summed E-state index contributed by atoms with van der Waals surface area (Å²) >= 11 is 1.82. The highest BCUT2D eigenvalue weighted by Gasteiger charge is 2.13. The van der Waals surface area contributed by atoms with E-state index >= 15 is 0 Å². The van der Waals surface area contributed by atoms with Gasteiger partial charge in [0, 0.05) is 12.3 Å². The second-order valence-corrected chi connectivity index (χ2v) is 6.35. The molecule has 116 valence electrons. The molecule has 0 saturated carbocycles. The Bertz CT molecular complexity index is 870. The van der Waals surface area contributed by atoms with Gasteiger partial charge >= 0.3 is 0 Å². The van der Waals surface area contributed by atoms with E-state index in [0.29, 0.717) is 6.54 Å². The van der Waals surface area contributed by atoms with Gasteiger partial charge in [-0.15, -0.1) is 16.9 Å². The Morgan fingerprint density at radius 1 is 1.17 bits per heavy atom. The molecule has 6 heteroatoms. The summed E-state index contributed by atoms with van der Waals surface area (Å²) < 4.78 is 14.8. The smallest absolute Gasteiger partial charge is 0.154 e. The van der Waals surface area contributed by atoms with E-state index in [2.05, 4.69) is 20.8 Å². The maximum Gasteiger partial charge on any atom is 0.154 e. The highest BCUT2D eigenvalue weighted by atomic mass is 32.2. The maximum atomic E-state index is 12.9. The quantitative estimate of drug-likeness (QED) is 0.788. The van der Waals surface area contributed by atoms with Crippen LogP contribution in [0.4, 0.5) is 10.2 Å². The molecule has 4 rings (SSSR count). The number of nitrogens with one attached hydrogen (secondary N) is 1. The molecule has 3 heterocycles. The molecule has 0 bridgehead atoms. The lowest BCUT2D eigenvalue weighted by Gasteiger charge is -2.07. The number of imidazole rings is 1. The first-order chi connectivity index (χ1) is 11.3. The Balaban J connectivity index is 1.58. The number of hydrogen-bond acceptors (Lipinski definition) is 4. The Hall–Kier alpha value is -2.34. The molecule has 0 atom stereocenters. The zero-order valence-corrected chi connectivity index (χ0v) is 13.2. The summed E-state index contributed by atoms with van der Waals surface area (Å²) in [5.41, 5.74) is 4.18. The second-order valence-electron chi connectivity index (χ2n) is 5.38. The number of aromatic nitrogens is 3. The molecule has 0 unspecified atom stereocenters. The molecule has 4 nitrogen and oxygen atoms in total. The van der Waals surface area contributed by atoms with E-state index in [-0.39, 0.29) is 5.82 Å². The van der Waals surface area contributed by atoms with E-state index < -0.39 is 0 Å². The van der Waals surface area contributed by atoms with Gasteiger partial charge < -0.3 is 5.32 Å². The monoisotopic (exact) mass is 326 g/mol. The minimum atomic E-state index is -0.223. The van der Waals surface area contributed by atoms with Crippen LogP contribution in [0.2, 0.25) is 0 Å². The average molecular weight is 326 g/mol. The van der Waals surface area contributed by atoms with Gasteiger partial charge in [0.05, 0.1) is 11.9 Å². The van der Waals surface area contributed by atoms with E-state index in [9.17, 15) is 4.39 Å². The van der Waals surface area contributed by atoms with Gasteiger partial charge in [-0.1, -0.05) is 12.1 Å². The van der Waals surface area contributed by atoms with Crippen molar-refractivity contribution in [3.05, 3.63) is 65.1 Å². The van der Waals surface area contributed by atoms with Crippen LogP contribution in [-0.2, 0) is 6.54 Å². The molecule has 3 aromatic rings. The van der Waals surface area contributed by atoms with Crippen LogP contribution in [0.15, 0.2) is 48.0 Å². The molecule has 1 aliphatic rings. The summed E-state index contributed by atoms with van der Waals surface area (Å²) in [6, 6.07) is 10.3. The molecular formula is C17H15FN4S. The Morgan fingerprint density at radius 3 is 2.83 bits per heavy atom. The summed E-state index contributed by atoms with van der Waals surface area (Å²) in [5, 5.41) is 10.1. The molecule has 23 heavy (non-hydrogen) atoms. The van der Waals surface area contributed by atoms with Crippen molar-refractivity contribution in [3.8, 4) is 0 Å². The predicted octanol–water partition coefficient (Wildman–Crippen LogP) is 3.96. The summed E-state index contributed by atoms with van der Waals surface area (Å²) in [6.07, 6.45) is 2.93. The number of allylic oxidation sites excluding steroid dienone is 1. The fourth-order valence-corrected chi connectivity index (χ4v) is 3.45. The first-order valence-electron chi connectivity index (χ1n) is 7.44. The van der Waals surface area contributed by atoms with Crippen molar-refractivity contribution in [3.63, 3.8) is 0 Å². The number of thioether (sulfide) groups is 1. The van der Waals surface area contributed by atoms with E-state index in [0.717, 1.165) is 34.9 Å². The third-order valence-corrected chi connectivity index (χ3v) is 4.68. The third-order valence-electron chi connectivity index (χ3n) is 3.79. The highest BCUT2D eigenvalue weighted by Crippen LogP contribution is 2.30. The van der Waals surface area contributed by atoms with Crippen molar-refractivity contribution in [1.29, 1.82) is 0 Å². The third kappa shape index (κ3) is 2.94. The standard InChI is InChI=1S/C17H15FN4S/c18-14-3-1-12(2-4-14)9-19-16-5-6-17-20-10-15(22(17)21-16)13-7-8-23-11-13/h1-6,10-11H,7-9H2,(H,19,21). The number of anilines is 1. The molecule has 0 saturated heterocycles. The summed E-state index contributed by atoms with van der Waals surface area (Å²) in [7, 11) is 0. The minimum absolute atomic E-state index is 0.223. The van der Waals surface area contributed by atoms with Crippen LogP contribution in [0, 0.1) is 5.82 Å². The largest absolute Gasteiger partial charge is 0.365 e. The van der Waals surface area contributed by atoms with Crippen molar-refractivity contribution in [1.82, 2.24) is 14.6 Å². The summed E-state index contributed by atoms with van der Waals surface area (Å²) in [6.45, 7) is 0.599. The second kappa shape index (κ2) is 6.04. The number of benzene rings is 1. The van der Waals surface area contributed by atoms with Crippen LogP contribution in [0.1, 0.15) is 17.7 Å². The zero-order chi connectivity index (χ0) is 15.6. The van der Waals surface area contributed by atoms with Crippen LogP contribution >= 0.6 is 11.8 Å². The van der Waals surface area contributed by atoms with Crippen molar-refractivity contribution in [2.45, 2.75) is 13.0 Å². The normalized spacial score (nSPS) is 14.2. The van der Waals surface area contributed by atoms with Gasteiger partial charge in [0.25, 0.3) is 0 Å². The fraction of sp³-hybridized carbons (Fsp3) is 0.176. The van der Waals surface area contributed by atoms with Gasteiger partial charge in [-0.05, 0) is 47.2 Å². The SMILES string of the molecule is Fc1ccc(CNc2ccc3ncc(C4=CSCC4)n3n2)cc1. The molecule has 0 amide bonds. The van der Waals surface area contributed by atoms with Gasteiger partial charge in [-0.3, -0.25) is 0 Å². The molecule has 1 aromatic carbocycles. The van der Waals surface area contributed by atoms with Gasteiger partial charge in [-0.2, -0.15) is 0 Å². The lowest BCUT2D eigenvalue weighted by atomic mass is 10.2. The van der Waals surface area contributed by atoms with E-state index in [1.54, 1.807) is 12.1 Å². The number of hydrogen-bond donors (Lipinski definition) is 1. The topological polar surface area (TPSA) is 42.2 Å². The molecule has 0 spiro atoms. The van der Waals surface area contributed by atoms with Crippen molar-refractivity contribution in [2.75, 3.05) is 11.1 Å². The van der Waals surface area contributed by atoms with Crippen molar-refractivity contribution < 1.29 is 4.39 Å². The van der Waals surface area contributed by atoms with Crippen molar-refractivity contribution in [2.24, 2.45) is 0 Å². The van der Waals surface area contributed by atoms with Crippen LogP contribution < -0.4 is 5.32 Å². The van der Waals surface area contributed by atoms with Gasteiger partial charge in [0.15, 0.2) is 5.65 Å².